The van der Waals surface area contributed by atoms with Crippen LogP contribution in [-0.4, -0.2) is 11.7 Å². The number of amides is 1. The van der Waals surface area contributed by atoms with Crippen molar-refractivity contribution < 1.29 is 14.0 Å². The Morgan fingerprint density at radius 2 is 1.62 bits per heavy atom. The lowest BCUT2D eigenvalue weighted by Crippen LogP contribution is -2.24. The van der Waals surface area contributed by atoms with E-state index in [1.54, 1.807) is 54.8 Å². The maximum atomic E-state index is 12.7. The third-order valence-electron chi connectivity index (χ3n) is 3.73. The summed E-state index contributed by atoms with van der Waals surface area (Å²) in [7, 11) is 0. The van der Waals surface area contributed by atoms with E-state index in [1.807, 2.05) is 19.1 Å². The van der Waals surface area contributed by atoms with Crippen molar-refractivity contribution in [3.8, 4) is 0 Å². The summed E-state index contributed by atoms with van der Waals surface area (Å²) in [6.07, 6.45) is 1.55. The van der Waals surface area contributed by atoms with Crippen LogP contribution < -0.4 is 5.32 Å². The maximum Gasteiger partial charge on any atom is 0.252 e. The third-order valence-corrected chi connectivity index (χ3v) is 3.73. The van der Waals surface area contributed by atoms with Crippen molar-refractivity contribution in [2.75, 3.05) is 0 Å². The van der Waals surface area contributed by atoms with Crippen molar-refractivity contribution in [2.45, 2.75) is 13.5 Å². The van der Waals surface area contributed by atoms with E-state index in [-0.39, 0.29) is 18.2 Å². The second-order valence-corrected chi connectivity index (χ2v) is 5.50. The van der Waals surface area contributed by atoms with E-state index in [4.69, 9.17) is 4.42 Å². The van der Waals surface area contributed by atoms with Crippen molar-refractivity contribution in [1.82, 2.24) is 5.32 Å². The Balaban J connectivity index is 1.83. The number of carbonyl (C=O) groups is 2. The summed E-state index contributed by atoms with van der Waals surface area (Å²) < 4.78 is 5.20. The van der Waals surface area contributed by atoms with Crippen LogP contribution in [0.1, 0.15) is 37.6 Å². The molecular formula is C20H17NO3. The standard InChI is InChI=1S/C20H17NO3/c1-14-8-10-15(11-9-14)19(22)17-6-2-3-7-18(17)20(23)21-13-16-5-4-12-24-16/h2-12H,13H2,1H3,(H,21,23). The average molecular weight is 319 g/mol. The zero-order valence-corrected chi connectivity index (χ0v) is 13.3. The van der Waals surface area contributed by atoms with Crippen LogP contribution >= 0.6 is 0 Å². The van der Waals surface area contributed by atoms with Crippen LogP contribution in [0.4, 0.5) is 0 Å². The topological polar surface area (TPSA) is 59.3 Å². The van der Waals surface area contributed by atoms with Crippen LogP contribution in [0.3, 0.4) is 0 Å². The molecule has 2 aromatic carbocycles. The van der Waals surface area contributed by atoms with Gasteiger partial charge in [-0.25, -0.2) is 0 Å². The van der Waals surface area contributed by atoms with Crippen LogP contribution in [0.15, 0.2) is 71.3 Å². The van der Waals surface area contributed by atoms with E-state index in [1.165, 1.54) is 0 Å². The quantitative estimate of drug-likeness (QED) is 0.729. The first-order chi connectivity index (χ1) is 11.6. The summed E-state index contributed by atoms with van der Waals surface area (Å²) in [4.78, 5) is 25.2. The molecule has 0 atom stereocenters. The van der Waals surface area contributed by atoms with E-state index in [0.29, 0.717) is 22.5 Å². The smallest absolute Gasteiger partial charge is 0.252 e. The molecule has 4 heteroatoms. The molecule has 3 aromatic rings. The molecule has 0 saturated heterocycles. The molecule has 0 bridgehead atoms. The Morgan fingerprint density at radius 1 is 0.917 bits per heavy atom. The fraction of sp³-hybridized carbons (Fsp3) is 0.100. The van der Waals surface area contributed by atoms with Gasteiger partial charge in [0.25, 0.3) is 5.91 Å². The molecule has 1 aromatic heterocycles. The van der Waals surface area contributed by atoms with Gasteiger partial charge in [0, 0.05) is 11.1 Å². The second kappa shape index (κ2) is 6.96. The molecule has 0 saturated carbocycles. The lowest BCUT2D eigenvalue weighted by molar-refractivity contribution is 0.0937. The van der Waals surface area contributed by atoms with Gasteiger partial charge in [-0.05, 0) is 25.1 Å². The maximum absolute atomic E-state index is 12.7. The number of carbonyl (C=O) groups excluding carboxylic acids is 2. The average Bonchev–Trinajstić information content (AvgIpc) is 3.13. The number of hydrogen-bond acceptors (Lipinski definition) is 3. The van der Waals surface area contributed by atoms with Gasteiger partial charge in [0.1, 0.15) is 5.76 Å². The van der Waals surface area contributed by atoms with Gasteiger partial charge in [-0.3, -0.25) is 9.59 Å². The van der Waals surface area contributed by atoms with Gasteiger partial charge in [0.2, 0.25) is 0 Å². The number of benzene rings is 2. The number of rotatable bonds is 5. The van der Waals surface area contributed by atoms with Crippen LogP contribution in [0.2, 0.25) is 0 Å². The van der Waals surface area contributed by atoms with E-state index >= 15 is 0 Å². The first-order valence-electron chi connectivity index (χ1n) is 7.66. The van der Waals surface area contributed by atoms with Gasteiger partial charge in [-0.1, -0.05) is 48.0 Å². The first-order valence-corrected chi connectivity index (χ1v) is 7.66. The lowest BCUT2D eigenvalue weighted by atomic mass is 9.97. The molecule has 1 N–H and O–H groups in total. The zero-order chi connectivity index (χ0) is 16.9. The number of hydrogen-bond donors (Lipinski definition) is 1. The molecule has 0 radical (unpaired) electrons. The Labute approximate surface area is 140 Å². The number of ketones is 1. The van der Waals surface area contributed by atoms with Crippen LogP contribution in [0.25, 0.3) is 0 Å². The highest BCUT2D eigenvalue weighted by Crippen LogP contribution is 2.16. The molecule has 1 amide bonds. The third kappa shape index (κ3) is 3.43. The molecule has 0 fully saturated rings. The SMILES string of the molecule is Cc1ccc(C(=O)c2ccccc2C(=O)NCc2ccco2)cc1. The summed E-state index contributed by atoms with van der Waals surface area (Å²) in [6, 6.07) is 17.7. The molecule has 120 valence electrons. The summed E-state index contributed by atoms with van der Waals surface area (Å²) in [5, 5.41) is 2.77. The van der Waals surface area contributed by atoms with E-state index < -0.39 is 0 Å². The minimum atomic E-state index is -0.303. The fourth-order valence-electron chi connectivity index (χ4n) is 2.42. The van der Waals surface area contributed by atoms with Gasteiger partial charge >= 0.3 is 0 Å². The van der Waals surface area contributed by atoms with Gasteiger partial charge in [0.15, 0.2) is 5.78 Å². The normalized spacial score (nSPS) is 10.4. The molecular weight excluding hydrogens is 302 g/mol. The molecule has 0 aliphatic rings. The highest BCUT2D eigenvalue weighted by molar-refractivity contribution is 6.15. The van der Waals surface area contributed by atoms with Gasteiger partial charge in [-0.15, -0.1) is 0 Å². The number of nitrogens with one attached hydrogen (secondary N) is 1. The Morgan fingerprint density at radius 3 is 2.29 bits per heavy atom. The molecule has 0 aliphatic carbocycles. The first kappa shape index (κ1) is 15.7. The van der Waals surface area contributed by atoms with Crippen LogP contribution in [0.5, 0.6) is 0 Å². The molecule has 1 heterocycles. The van der Waals surface area contributed by atoms with Gasteiger partial charge < -0.3 is 9.73 Å². The lowest BCUT2D eigenvalue weighted by Gasteiger charge is -2.09. The molecule has 3 rings (SSSR count). The summed E-state index contributed by atoms with van der Waals surface area (Å²) in [5.74, 6) is 0.187. The highest BCUT2D eigenvalue weighted by Gasteiger charge is 2.18. The minimum absolute atomic E-state index is 0.168. The van der Waals surface area contributed by atoms with Crippen molar-refractivity contribution in [1.29, 1.82) is 0 Å². The minimum Gasteiger partial charge on any atom is -0.467 e. The van der Waals surface area contributed by atoms with Gasteiger partial charge in [0.05, 0.1) is 18.4 Å². The monoisotopic (exact) mass is 319 g/mol. The summed E-state index contributed by atoms with van der Waals surface area (Å²) in [5.41, 5.74) is 2.39. The van der Waals surface area contributed by atoms with Crippen molar-refractivity contribution in [3.05, 3.63) is 94.9 Å². The van der Waals surface area contributed by atoms with Crippen LogP contribution in [0, 0.1) is 6.92 Å². The van der Waals surface area contributed by atoms with E-state index in [0.717, 1.165) is 5.56 Å². The molecule has 4 nitrogen and oxygen atoms in total. The predicted octanol–water partition coefficient (Wildman–Crippen LogP) is 3.75. The fourth-order valence-corrected chi connectivity index (χ4v) is 2.42. The van der Waals surface area contributed by atoms with Crippen LogP contribution in [-0.2, 0) is 6.54 Å². The largest absolute Gasteiger partial charge is 0.467 e. The second-order valence-electron chi connectivity index (χ2n) is 5.50. The molecule has 0 spiro atoms. The highest BCUT2D eigenvalue weighted by atomic mass is 16.3. The molecule has 0 aliphatic heterocycles. The van der Waals surface area contributed by atoms with E-state index in [2.05, 4.69) is 5.32 Å². The van der Waals surface area contributed by atoms with Crippen molar-refractivity contribution in [3.63, 3.8) is 0 Å². The molecule has 0 unspecified atom stereocenters. The number of aryl methyl sites for hydroxylation is 1. The number of furan rings is 1. The Hall–Kier alpha value is -3.14. The van der Waals surface area contributed by atoms with Crippen molar-refractivity contribution >= 4 is 11.7 Å². The Bertz CT molecular complexity index is 849. The predicted molar refractivity (Wildman–Crippen MR) is 90.9 cm³/mol. The summed E-state index contributed by atoms with van der Waals surface area (Å²) >= 11 is 0. The van der Waals surface area contributed by atoms with Gasteiger partial charge in [-0.2, -0.15) is 0 Å². The Kier molecular flexibility index (Phi) is 4.57. The van der Waals surface area contributed by atoms with E-state index in [9.17, 15) is 9.59 Å². The zero-order valence-electron chi connectivity index (χ0n) is 13.3. The summed E-state index contributed by atoms with van der Waals surface area (Å²) in [6.45, 7) is 2.24. The molecule has 24 heavy (non-hydrogen) atoms. The van der Waals surface area contributed by atoms with Crippen molar-refractivity contribution in [2.24, 2.45) is 0 Å².